The van der Waals surface area contributed by atoms with Crippen molar-refractivity contribution in [2.45, 2.75) is 33.2 Å². The summed E-state index contributed by atoms with van der Waals surface area (Å²) in [5, 5.41) is 4.84. The number of hydrogen-bond acceptors (Lipinski definition) is 7. The molecule has 0 bridgehead atoms. The number of rotatable bonds is 8. The van der Waals surface area contributed by atoms with Crippen molar-refractivity contribution < 1.29 is 23.9 Å². The molecule has 0 aliphatic carbocycles. The Kier molecular flexibility index (Phi) is 9.18. The van der Waals surface area contributed by atoms with Crippen LogP contribution >= 0.6 is 11.3 Å². The van der Waals surface area contributed by atoms with Gasteiger partial charge in [-0.1, -0.05) is 18.2 Å². The Bertz CT molecular complexity index is 1030. The van der Waals surface area contributed by atoms with Crippen LogP contribution in [0.15, 0.2) is 35.7 Å². The van der Waals surface area contributed by atoms with E-state index in [2.05, 4.69) is 10.3 Å². The number of piperazine rings is 1. The van der Waals surface area contributed by atoms with Gasteiger partial charge in [0.05, 0.1) is 18.7 Å². The van der Waals surface area contributed by atoms with Crippen LogP contribution in [-0.4, -0.2) is 88.9 Å². The zero-order chi connectivity index (χ0) is 25.4. The third-order valence-corrected chi connectivity index (χ3v) is 6.31. The highest BCUT2D eigenvalue weighted by atomic mass is 32.1. The number of nitrogens with one attached hydrogen (secondary N) is 1. The molecule has 3 rings (SSSR count). The number of thiazole rings is 1. The Labute approximate surface area is 208 Å². The molecule has 1 fully saturated rings. The summed E-state index contributed by atoms with van der Waals surface area (Å²) in [5.41, 5.74) is 1.08. The van der Waals surface area contributed by atoms with E-state index in [4.69, 9.17) is 4.74 Å². The molecule has 1 aromatic heterocycles. The highest BCUT2D eigenvalue weighted by Gasteiger charge is 2.26. The molecule has 0 saturated carbocycles. The quantitative estimate of drug-likeness (QED) is 0.595. The lowest BCUT2D eigenvalue weighted by Crippen LogP contribution is -2.51. The summed E-state index contributed by atoms with van der Waals surface area (Å²) in [6.45, 7) is 7.41. The molecule has 4 amide bonds. The first-order valence-corrected chi connectivity index (χ1v) is 12.5. The fourth-order valence-electron chi connectivity index (χ4n) is 3.61. The van der Waals surface area contributed by atoms with Crippen LogP contribution in [-0.2, 0) is 20.7 Å². The molecule has 0 unspecified atom stereocenters. The number of anilines is 1. The van der Waals surface area contributed by atoms with Gasteiger partial charge in [-0.15, -0.1) is 11.3 Å². The molecular formula is C24H31N5O5S. The lowest BCUT2D eigenvalue weighted by molar-refractivity contribution is -0.132. The van der Waals surface area contributed by atoms with E-state index in [1.54, 1.807) is 46.4 Å². The summed E-state index contributed by atoms with van der Waals surface area (Å²) in [5.74, 6) is -0.661. The van der Waals surface area contributed by atoms with Gasteiger partial charge in [-0.2, -0.15) is 0 Å². The van der Waals surface area contributed by atoms with Gasteiger partial charge in [0, 0.05) is 43.2 Å². The first kappa shape index (κ1) is 26.1. The average Bonchev–Trinajstić information content (AvgIpc) is 3.29. The molecule has 1 N–H and O–H groups in total. The number of amides is 4. The molecule has 0 radical (unpaired) electrons. The first-order valence-electron chi connectivity index (χ1n) is 11.6. The molecule has 0 atom stereocenters. The second-order valence-corrected chi connectivity index (χ2v) is 9.19. The van der Waals surface area contributed by atoms with E-state index in [-0.39, 0.29) is 42.8 Å². The minimum atomic E-state index is -0.360. The van der Waals surface area contributed by atoms with E-state index >= 15 is 0 Å². The minimum Gasteiger partial charge on any atom is -0.450 e. The Morgan fingerprint density at radius 1 is 1.09 bits per heavy atom. The van der Waals surface area contributed by atoms with Crippen molar-refractivity contribution in [2.75, 3.05) is 44.6 Å². The van der Waals surface area contributed by atoms with Gasteiger partial charge < -0.3 is 24.8 Å². The van der Waals surface area contributed by atoms with Gasteiger partial charge in [-0.25, -0.2) is 9.78 Å². The van der Waals surface area contributed by atoms with Crippen LogP contribution in [0.2, 0.25) is 0 Å². The minimum absolute atomic E-state index is 0.0869. The zero-order valence-corrected chi connectivity index (χ0v) is 21.0. The summed E-state index contributed by atoms with van der Waals surface area (Å²) in [4.78, 5) is 59.0. The van der Waals surface area contributed by atoms with Crippen molar-refractivity contribution in [3.63, 3.8) is 0 Å². The fourth-order valence-corrected chi connectivity index (χ4v) is 4.34. The second kappa shape index (κ2) is 12.3. The first-order chi connectivity index (χ1) is 16.8. The molecule has 188 valence electrons. The maximum atomic E-state index is 12.8. The number of aromatic nitrogens is 1. The average molecular weight is 502 g/mol. The zero-order valence-electron chi connectivity index (χ0n) is 20.2. The Morgan fingerprint density at radius 3 is 2.37 bits per heavy atom. The molecule has 35 heavy (non-hydrogen) atoms. The topological polar surface area (TPSA) is 112 Å². The predicted octanol–water partition coefficient (Wildman–Crippen LogP) is 2.48. The van der Waals surface area contributed by atoms with Crippen LogP contribution in [0, 0.1) is 0 Å². The van der Waals surface area contributed by atoms with Gasteiger partial charge in [-0.3, -0.25) is 14.4 Å². The van der Waals surface area contributed by atoms with Crippen molar-refractivity contribution in [3.05, 3.63) is 47.0 Å². The maximum Gasteiger partial charge on any atom is 0.409 e. The molecule has 0 spiro atoms. The largest absolute Gasteiger partial charge is 0.450 e. The number of hydrogen-bond donors (Lipinski definition) is 1. The van der Waals surface area contributed by atoms with Crippen LogP contribution in [0.1, 0.15) is 36.8 Å². The summed E-state index contributed by atoms with van der Waals surface area (Å²) < 4.78 is 5.00. The molecule has 1 aliphatic rings. The van der Waals surface area contributed by atoms with Gasteiger partial charge in [0.25, 0.3) is 5.91 Å². The van der Waals surface area contributed by atoms with Crippen molar-refractivity contribution in [3.8, 4) is 0 Å². The van der Waals surface area contributed by atoms with Gasteiger partial charge >= 0.3 is 6.09 Å². The van der Waals surface area contributed by atoms with Crippen molar-refractivity contribution in [2.24, 2.45) is 0 Å². The van der Waals surface area contributed by atoms with E-state index < -0.39 is 0 Å². The molecule has 1 aromatic carbocycles. The maximum absolute atomic E-state index is 12.8. The van der Waals surface area contributed by atoms with Crippen LogP contribution in [0.4, 0.5) is 9.93 Å². The number of nitrogens with zero attached hydrogens (tertiary/aromatic N) is 4. The summed E-state index contributed by atoms with van der Waals surface area (Å²) >= 11 is 1.23. The van der Waals surface area contributed by atoms with Gasteiger partial charge in [0.15, 0.2) is 5.13 Å². The second-order valence-electron chi connectivity index (χ2n) is 8.33. The molecule has 1 saturated heterocycles. The molecule has 10 nitrogen and oxygen atoms in total. The predicted molar refractivity (Wildman–Crippen MR) is 132 cm³/mol. The molecular weight excluding hydrogens is 470 g/mol. The van der Waals surface area contributed by atoms with E-state index in [0.717, 1.165) is 0 Å². The Morgan fingerprint density at radius 2 is 1.74 bits per heavy atom. The van der Waals surface area contributed by atoms with Gasteiger partial charge in [0.2, 0.25) is 11.8 Å². The highest BCUT2D eigenvalue weighted by Crippen LogP contribution is 2.17. The van der Waals surface area contributed by atoms with Crippen LogP contribution in [0.5, 0.6) is 0 Å². The summed E-state index contributed by atoms with van der Waals surface area (Å²) in [6, 6.07) is 8.67. The summed E-state index contributed by atoms with van der Waals surface area (Å²) in [6.07, 6.45) is -0.253. The number of benzene rings is 1. The molecule has 2 aromatic rings. The molecule has 1 aliphatic heterocycles. The number of carbonyl (C=O) groups excluding carboxylic acids is 4. The third-order valence-electron chi connectivity index (χ3n) is 5.51. The van der Waals surface area contributed by atoms with E-state index in [0.29, 0.717) is 49.2 Å². The number of ether oxygens (including phenoxy) is 1. The Balaban J connectivity index is 1.50. The monoisotopic (exact) mass is 501 g/mol. The van der Waals surface area contributed by atoms with Gasteiger partial charge in [-0.05, 0) is 32.9 Å². The SMILES string of the molecule is CCOC(=O)N1CCN(C(=O)Cc2csc(NC(=O)CN(C(=O)c3ccccc3)C(C)C)n2)CC1. The number of carbonyl (C=O) groups is 4. The smallest absolute Gasteiger partial charge is 0.409 e. The Hall–Kier alpha value is -3.47. The summed E-state index contributed by atoms with van der Waals surface area (Å²) in [7, 11) is 0. The van der Waals surface area contributed by atoms with E-state index in [9.17, 15) is 19.2 Å². The molecule has 11 heteroatoms. The fraction of sp³-hybridized carbons (Fsp3) is 0.458. The van der Waals surface area contributed by atoms with Crippen molar-refractivity contribution in [1.29, 1.82) is 0 Å². The lowest BCUT2D eigenvalue weighted by Gasteiger charge is -2.34. The van der Waals surface area contributed by atoms with Crippen LogP contribution < -0.4 is 5.32 Å². The van der Waals surface area contributed by atoms with E-state index in [1.165, 1.54) is 16.2 Å². The van der Waals surface area contributed by atoms with Crippen molar-refractivity contribution >= 4 is 40.3 Å². The van der Waals surface area contributed by atoms with Crippen molar-refractivity contribution in [1.82, 2.24) is 19.7 Å². The third kappa shape index (κ3) is 7.25. The van der Waals surface area contributed by atoms with E-state index in [1.807, 2.05) is 19.9 Å². The molecule has 2 heterocycles. The van der Waals surface area contributed by atoms with Crippen LogP contribution in [0.3, 0.4) is 0 Å². The highest BCUT2D eigenvalue weighted by molar-refractivity contribution is 7.13. The van der Waals surface area contributed by atoms with Gasteiger partial charge in [0.1, 0.15) is 6.54 Å². The lowest BCUT2D eigenvalue weighted by atomic mass is 10.1. The van der Waals surface area contributed by atoms with Crippen LogP contribution in [0.25, 0.3) is 0 Å². The normalized spacial score (nSPS) is 13.5. The standard InChI is InChI=1S/C24H31N5O5S/c1-4-34-24(33)28-12-10-27(11-13-28)21(31)14-19-16-35-23(25-19)26-20(30)15-29(17(2)3)22(32)18-8-6-5-7-9-18/h5-9,16-17H,4,10-15H2,1-3H3,(H,25,26,30).